The summed E-state index contributed by atoms with van der Waals surface area (Å²) in [5.41, 5.74) is 1.20. The van der Waals surface area contributed by atoms with E-state index in [1.807, 2.05) is 12.1 Å². The molecule has 1 aliphatic rings. The summed E-state index contributed by atoms with van der Waals surface area (Å²) in [6, 6.07) is 4.24. The highest BCUT2D eigenvalue weighted by Crippen LogP contribution is 2.26. The maximum absolute atomic E-state index is 10.9. The Morgan fingerprint density at radius 1 is 1.56 bits per heavy atom. The minimum atomic E-state index is -0.676. The monoisotopic (exact) mass is 220 g/mol. The summed E-state index contributed by atoms with van der Waals surface area (Å²) in [5, 5.41) is 8.95. The molecule has 0 radical (unpaired) electrons. The van der Waals surface area contributed by atoms with Crippen molar-refractivity contribution in [1.29, 1.82) is 0 Å². The number of rotatable bonds is 3. The molecule has 86 valence electrons. The fourth-order valence-corrected chi connectivity index (χ4v) is 2.19. The number of carboxylic acids is 1. The van der Waals surface area contributed by atoms with Crippen LogP contribution in [0.2, 0.25) is 0 Å². The van der Waals surface area contributed by atoms with Crippen molar-refractivity contribution >= 4 is 5.97 Å². The molecule has 1 saturated heterocycles. The zero-order valence-corrected chi connectivity index (χ0v) is 9.34. The summed E-state index contributed by atoms with van der Waals surface area (Å²) in [4.78, 5) is 17.1. The van der Waals surface area contributed by atoms with Gasteiger partial charge in [-0.05, 0) is 37.6 Å². The van der Waals surface area contributed by atoms with Crippen molar-refractivity contribution in [3.8, 4) is 0 Å². The second-order valence-electron chi connectivity index (χ2n) is 4.28. The summed E-state index contributed by atoms with van der Waals surface area (Å²) in [7, 11) is 0. The lowest BCUT2D eigenvalue weighted by Gasteiger charge is -2.24. The predicted octanol–water partition coefficient (Wildman–Crippen LogP) is 1.55. The second-order valence-corrected chi connectivity index (χ2v) is 4.28. The molecule has 16 heavy (non-hydrogen) atoms. The first-order chi connectivity index (χ1) is 7.68. The van der Waals surface area contributed by atoms with E-state index in [0.717, 1.165) is 13.0 Å². The van der Waals surface area contributed by atoms with E-state index in [9.17, 15) is 4.79 Å². The Kier molecular flexibility index (Phi) is 3.19. The standard InChI is InChI=1S/C12H16N2O2/c1-9(10-2-5-13-6-3-10)14-7-4-11(8-14)12(15)16/h2-3,5-6,9,11H,4,7-8H2,1H3,(H,15,16). The summed E-state index contributed by atoms with van der Waals surface area (Å²) in [5.74, 6) is -0.881. The first-order valence-electron chi connectivity index (χ1n) is 5.55. The third-order valence-electron chi connectivity index (χ3n) is 3.31. The number of aliphatic carboxylic acids is 1. The molecular formula is C12H16N2O2. The van der Waals surface area contributed by atoms with Gasteiger partial charge < -0.3 is 5.11 Å². The Morgan fingerprint density at radius 2 is 2.25 bits per heavy atom. The number of hydrogen-bond donors (Lipinski definition) is 1. The van der Waals surface area contributed by atoms with E-state index in [1.165, 1.54) is 5.56 Å². The van der Waals surface area contributed by atoms with Crippen LogP contribution in [0.5, 0.6) is 0 Å². The molecule has 0 saturated carbocycles. The summed E-state index contributed by atoms with van der Waals surface area (Å²) >= 11 is 0. The normalized spacial score (nSPS) is 23.2. The number of hydrogen-bond acceptors (Lipinski definition) is 3. The lowest BCUT2D eigenvalue weighted by Crippen LogP contribution is -2.26. The molecule has 1 aromatic heterocycles. The van der Waals surface area contributed by atoms with E-state index < -0.39 is 5.97 Å². The van der Waals surface area contributed by atoms with Crippen LogP contribution >= 0.6 is 0 Å². The zero-order chi connectivity index (χ0) is 11.5. The predicted molar refractivity (Wildman–Crippen MR) is 60.0 cm³/mol. The van der Waals surface area contributed by atoms with Gasteiger partial charge in [-0.1, -0.05) is 0 Å². The van der Waals surface area contributed by atoms with E-state index in [4.69, 9.17) is 5.11 Å². The van der Waals surface area contributed by atoms with Gasteiger partial charge in [-0.3, -0.25) is 14.7 Å². The van der Waals surface area contributed by atoms with Crippen LogP contribution < -0.4 is 0 Å². The first kappa shape index (κ1) is 11.1. The van der Waals surface area contributed by atoms with Crippen LogP contribution in [-0.4, -0.2) is 34.0 Å². The molecule has 0 bridgehead atoms. The molecule has 1 fully saturated rings. The van der Waals surface area contributed by atoms with E-state index in [2.05, 4.69) is 16.8 Å². The third kappa shape index (κ3) is 2.22. The number of carbonyl (C=O) groups is 1. The molecule has 0 amide bonds. The molecule has 2 unspecified atom stereocenters. The number of aromatic nitrogens is 1. The smallest absolute Gasteiger partial charge is 0.307 e. The molecule has 0 aliphatic carbocycles. The number of carboxylic acid groups (broad SMARTS) is 1. The van der Waals surface area contributed by atoms with Gasteiger partial charge in [0.1, 0.15) is 0 Å². The fourth-order valence-electron chi connectivity index (χ4n) is 2.19. The molecule has 1 aliphatic heterocycles. The second kappa shape index (κ2) is 4.61. The maximum atomic E-state index is 10.9. The minimum Gasteiger partial charge on any atom is -0.481 e. The number of nitrogens with zero attached hydrogens (tertiary/aromatic N) is 2. The maximum Gasteiger partial charge on any atom is 0.307 e. The summed E-state index contributed by atoms with van der Waals surface area (Å²) in [6.07, 6.45) is 4.30. The highest BCUT2D eigenvalue weighted by atomic mass is 16.4. The van der Waals surface area contributed by atoms with Crippen molar-refractivity contribution in [2.75, 3.05) is 13.1 Å². The average Bonchev–Trinajstić information content (AvgIpc) is 2.78. The van der Waals surface area contributed by atoms with Crippen LogP contribution in [-0.2, 0) is 4.79 Å². The van der Waals surface area contributed by atoms with E-state index >= 15 is 0 Å². The molecule has 2 atom stereocenters. The highest BCUT2D eigenvalue weighted by molar-refractivity contribution is 5.70. The van der Waals surface area contributed by atoms with Crippen LogP contribution in [0.4, 0.5) is 0 Å². The van der Waals surface area contributed by atoms with Crippen molar-refractivity contribution < 1.29 is 9.90 Å². The Morgan fingerprint density at radius 3 is 2.81 bits per heavy atom. The molecule has 4 heteroatoms. The molecule has 2 heterocycles. The van der Waals surface area contributed by atoms with Crippen LogP contribution in [0.15, 0.2) is 24.5 Å². The van der Waals surface area contributed by atoms with Gasteiger partial charge in [-0.25, -0.2) is 0 Å². The van der Waals surface area contributed by atoms with Gasteiger partial charge in [0.05, 0.1) is 5.92 Å². The lowest BCUT2D eigenvalue weighted by molar-refractivity contribution is -0.141. The lowest BCUT2D eigenvalue weighted by atomic mass is 10.1. The number of likely N-dealkylation sites (tertiary alicyclic amines) is 1. The molecule has 1 N–H and O–H groups in total. The molecule has 0 aromatic carbocycles. The Bertz CT molecular complexity index is 367. The molecule has 4 nitrogen and oxygen atoms in total. The van der Waals surface area contributed by atoms with Gasteiger partial charge in [0.25, 0.3) is 0 Å². The van der Waals surface area contributed by atoms with Crippen LogP contribution in [0.3, 0.4) is 0 Å². The zero-order valence-electron chi connectivity index (χ0n) is 9.34. The SMILES string of the molecule is CC(c1ccncc1)N1CCC(C(=O)O)C1. The van der Waals surface area contributed by atoms with Gasteiger partial charge in [0.15, 0.2) is 0 Å². The van der Waals surface area contributed by atoms with E-state index in [0.29, 0.717) is 6.54 Å². The van der Waals surface area contributed by atoms with Gasteiger partial charge in [-0.2, -0.15) is 0 Å². The molecule has 2 rings (SSSR count). The Hall–Kier alpha value is -1.42. The van der Waals surface area contributed by atoms with Crippen molar-refractivity contribution in [3.05, 3.63) is 30.1 Å². The number of pyridine rings is 1. The quantitative estimate of drug-likeness (QED) is 0.839. The summed E-state index contributed by atoms with van der Waals surface area (Å²) < 4.78 is 0. The minimum absolute atomic E-state index is 0.204. The van der Waals surface area contributed by atoms with Crippen LogP contribution in [0.1, 0.15) is 24.9 Å². The molecular weight excluding hydrogens is 204 g/mol. The van der Waals surface area contributed by atoms with Crippen molar-refractivity contribution in [2.24, 2.45) is 5.92 Å². The van der Waals surface area contributed by atoms with E-state index in [-0.39, 0.29) is 12.0 Å². The molecule has 0 spiro atoms. The summed E-state index contributed by atoms with van der Waals surface area (Å²) in [6.45, 7) is 3.62. The van der Waals surface area contributed by atoms with Crippen LogP contribution in [0.25, 0.3) is 0 Å². The highest BCUT2D eigenvalue weighted by Gasteiger charge is 2.30. The van der Waals surface area contributed by atoms with Crippen molar-refractivity contribution in [1.82, 2.24) is 9.88 Å². The van der Waals surface area contributed by atoms with Crippen molar-refractivity contribution in [2.45, 2.75) is 19.4 Å². The van der Waals surface area contributed by atoms with Gasteiger partial charge in [-0.15, -0.1) is 0 Å². The van der Waals surface area contributed by atoms with E-state index in [1.54, 1.807) is 12.4 Å². The Balaban J connectivity index is 2.02. The van der Waals surface area contributed by atoms with Gasteiger partial charge in [0, 0.05) is 25.0 Å². The topological polar surface area (TPSA) is 53.4 Å². The van der Waals surface area contributed by atoms with Crippen molar-refractivity contribution in [3.63, 3.8) is 0 Å². The molecule has 1 aromatic rings. The Labute approximate surface area is 94.9 Å². The third-order valence-corrected chi connectivity index (χ3v) is 3.31. The van der Waals surface area contributed by atoms with Crippen LogP contribution in [0, 0.1) is 5.92 Å². The van der Waals surface area contributed by atoms with Gasteiger partial charge in [0.2, 0.25) is 0 Å². The first-order valence-corrected chi connectivity index (χ1v) is 5.55. The fraction of sp³-hybridized carbons (Fsp3) is 0.500. The van der Waals surface area contributed by atoms with Gasteiger partial charge >= 0.3 is 5.97 Å². The largest absolute Gasteiger partial charge is 0.481 e. The average molecular weight is 220 g/mol.